The lowest BCUT2D eigenvalue weighted by molar-refractivity contribution is -0.136. The average Bonchev–Trinajstić information content (AvgIpc) is 3.26. The largest absolute Gasteiger partial charge is 0.497 e. The van der Waals surface area contributed by atoms with Gasteiger partial charge in [-0.2, -0.15) is 4.68 Å². The zero-order valence-corrected chi connectivity index (χ0v) is 16.8. The number of ketones is 1. The maximum absolute atomic E-state index is 13.6. The number of fused-ring (bicyclic) bond motifs is 1. The number of hydrogen-bond acceptors (Lipinski definition) is 8. The van der Waals surface area contributed by atoms with E-state index in [0.29, 0.717) is 21.9 Å². The number of allylic oxidation sites excluding steroid dienone is 1. The molecule has 0 spiro atoms. The van der Waals surface area contributed by atoms with Crippen LogP contribution in [0.15, 0.2) is 59.8 Å². The van der Waals surface area contributed by atoms with Crippen molar-refractivity contribution in [3.8, 4) is 5.75 Å². The Morgan fingerprint density at radius 2 is 1.77 bits per heavy atom. The summed E-state index contributed by atoms with van der Waals surface area (Å²) in [6, 6.07) is 12.7. The number of methoxy groups -OCH3 is 2. The molecule has 0 unspecified atom stereocenters. The number of benzene rings is 2. The highest BCUT2D eigenvalue weighted by molar-refractivity contribution is 6.30. The van der Waals surface area contributed by atoms with Crippen LogP contribution in [-0.4, -0.2) is 46.2 Å². The van der Waals surface area contributed by atoms with Crippen molar-refractivity contribution < 1.29 is 19.1 Å². The van der Waals surface area contributed by atoms with Crippen molar-refractivity contribution in [2.45, 2.75) is 6.04 Å². The summed E-state index contributed by atoms with van der Waals surface area (Å²) in [5, 5.41) is 14.9. The van der Waals surface area contributed by atoms with E-state index in [1.807, 2.05) is 0 Å². The Bertz CT molecular complexity index is 1140. The molecule has 2 heterocycles. The predicted molar refractivity (Wildman–Crippen MR) is 107 cm³/mol. The molecule has 0 aliphatic carbocycles. The number of carbonyl (C=O) groups is 2. The third-order valence-corrected chi connectivity index (χ3v) is 4.94. The third-order valence-electron chi connectivity index (χ3n) is 4.69. The normalized spacial score (nSPS) is 15.2. The Kier molecular flexibility index (Phi) is 5.20. The Balaban J connectivity index is 1.91. The SMILES string of the molecule is COC(=O)C1=C(C(=O)c2ccc(OC)cc2)[C@H](c2ccc(Cl)cc2)n2nnnc2N1. The van der Waals surface area contributed by atoms with Gasteiger partial charge in [0.05, 0.1) is 19.8 Å². The Morgan fingerprint density at radius 1 is 1.07 bits per heavy atom. The number of rotatable bonds is 5. The molecule has 0 fully saturated rings. The lowest BCUT2D eigenvalue weighted by atomic mass is 9.89. The number of tetrazole rings is 1. The molecule has 2 aromatic carbocycles. The maximum Gasteiger partial charge on any atom is 0.355 e. The number of carbonyl (C=O) groups excluding carboxylic acids is 2. The quantitative estimate of drug-likeness (QED) is 0.491. The van der Waals surface area contributed by atoms with E-state index in [0.717, 1.165) is 0 Å². The van der Waals surface area contributed by atoms with Crippen LogP contribution in [0.2, 0.25) is 5.02 Å². The van der Waals surface area contributed by atoms with Crippen molar-refractivity contribution in [2.75, 3.05) is 19.5 Å². The molecule has 0 saturated carbocycles. The van der Waals surface area contributed by atoms with Gasteiger partial charge in [-0.1, -0.05) is 28.8 Å². The van der Waals surface area contributed by atoms with Crippen molar-refractivity contribution in [1.82, 2.24) is 20.2 Å². The fourth-order valence-corrected chi connectivity index (χ4v) is 3.37. The Morgan fingerprint density at radius 3 is 2.40 bits per heavy atom. The highest BCUT2D eigenvalue weighted by Crippen LogP contribution is 2.37. The molecule has 1 atom stereocenters. The topological polar surface area (TPSA) is 108 Å². The second-order valence-electron chi connectivity index (χ2n) is 6.36. The van der Waals surface area contributed by atoms with Crippen LogP contribution in [-0.2, 0) is 9.53 Å². The van der Waals surface area contributed by atoms with Crippen LogP contribution >= 0.6 is 11.6 Å². The highest BCUT2D eigenvalue weighted by atomic mass is 35.5. The summed E-state index contributed by atoms with van der Waals surface area (Å²) in [4.78, 5) is 26.1. The number of nitrogens with one attached hydrogen (secondary N) is 1. The average molecular weight is 426 g/mol. The van der Waals surface area contributed by atoms with E-state index in [4.69, 9.17) is 21.1 Å². The van der Waals surface area contributed by atoms with Gasteiger partial charge in [0.2, 0.25) is 5.95 Å². The van der Waals surface area contributed by atoms with Gasteiger partial charge >= 0.3 is 5.97 Å². The van der Waals surface area contributed by atoms with E-state index in [1.165, 1.54) is 18.9 Å². The first-order chi connectivity index (χ1) is 14.5. The number of halogens is 1. The number of Topliss-reactive ketones (excluding diaryl/α,β-unsaturated/α-hetero) is 1. The molecule has 1 N–H and O–H groups in total. The van der Waals surface area contributed by atoms with Crippen LogP contribution in [0.3, 0.4) is 0 Å². The molecule has 0 amide bonds. The Hall–Kier alpha value is -3.72. The number of aromatic nitrogens is 4. The lowest BCUT2D eigenvalue weighted by Crippen LogP contribution is -2.32. The molecule has 1 aromatic heterocycles. The van der Waals surface area contributed by atoms with Gasteiger partial charge in [0.1, 0.15) is 17.5 Å². The molecule has 4 rings (SSSR count). The third kappa shape index (κ3) is 3.39. The van der Waals surface area contributed by atoms with Gasteiger partial charge in [-0.15, -0.1) is 0 Å². The standard InChI is InChI=1S/C20H16ClN5O4/c1-29-14-9-5-12(6-10-14)18(27)15-16(19(28)30-2)22-20-23-24-25-26(20)17(15)11-3-7-13(21)8-4-11/h3-10,17H,1-2H3,(H,22,23,25)/t17-/m0/s1. The van der Waals surface area contributed by atoms with E-state index in [2.05, 4.69) is 20.8 Å². The minimum absolute atomic E-state index is 0.0273. The van der Waals surface area contributed by atoms with Crippen molar-refractivity contribution >= 4 is 29.3 Å². The lowest BCUT2D eigenvalue weighted by Gasteiger charge is -2.28. The van der Waals surface area contributed by atoms with E-state index in [-0.39, 0.29) is 23.0 Å². The fraction of sp³-hybridized carbons (Fsp3) is 0.150. The van der Waals surface area contributed by atoms with Gasteiger partial charge in [0, 0.05) is 10.6 Å². The summed E-state index contributed by atoms with van der Waals surface area (Å²) in [5.74, 6) is -0.277. The van der Waals surface area contributed by atoms with E-state index in [9.17, 15) is 9.59 Å². The van der Waals surface area contributed by atoms with Gasteiger partial charge in [0.25, 0.3) is 0 Å². The highest BCUT2D eigenvalue weighted by Gasteiger charge is 2.38. The van der Waals surface area contributed by atoms with Crippen LogP contribution < -0.4 is 10.1 Å². The van der Waals surface area contributed by atoms with E-state index >= 15 is 0 Å². The molecule has 30 heavy (non-hydrogen) atoms. The minimum Gasteiger partial charge on any atom is -0.497 e. The zero-order chi connectivity index (χ0) is 21.3. The number of anilines is 1. The molecule has 0 radical (unpaired) electrons. The van der Waals surface area contributed by atoms with Crippen molar-refractivity contribution in [3.05, 3.63) is 76.0 Å². The van der Waals surface area contributed by atoms with Gasteiger partial charge in [-0.3, -0.25) is 4.79 Å². The molecule has 3 aromatic rings. The van der Waals surface area contributed by atoms with Gasteiger partial charge in [-0.05, 0) is 52.4 Å². The smallest absolute Gasteiger partial charge is 0.355 e. The second kappa shape index (κ2) is 7.96. The predicted octanol–water partition coefficient (Wildman–Crippen LogP) is 2.66. The summed E-state index contributed by atoms with van der Waals surface area (Å²) in [6.07, 6.45) is 0. The molecule has 0 saturated heterocycles. The summed E-state index contributed by atoms with van der Waals surface area (Å²) >= 11 is 6.03. The molecule has 1 aliphatic heterocycles. The zero-order valence-electron chi connectivity index (χ0n) is 16.0. The number of hydrogen-bond donors (Lipinski definition) is 1. The van der Waals surface area contributed by atoms with E-state index < -0.39 is 12.0 Å². The van der Waals surface area contributed by atoms with Crippen LogP contribution in [0.1, 0.15) is 22.0 Å². The number of ether oxygens (including phenoxy) is 2. The van der Waals surface area contributed by atoms with Crippen molar-refractivity contribution in [2.24, 2.45) is 0 Å². The number of nitrogens with zero attached hydrogens (tertiary/aromatic N) is 4. The molecular weight excluding hydrogens is 410 g/mol. The molecular formula is C20H16ClN5O4. The fourth-order valence-electron chi connectivity index (χ4n) is 3.24. The van der Waals surface area contributed by atoms with Gasteiger partial charge in [-0.25, -0.2) is 4.79 Å². The first-order valence-corrected chi connectivity index (χ1v) is 9.23. The van der Waals surface area contributed by atoms with Gasteiger partial charge < -0.3 is 14.8 Å². The first kappa shape index (κ1) is 19.6. The molecule has 10 heteroatoms. The van der Waals surface area contributed by atoms with Crippen molar-refractivity contribution in [1.29, 1.82) is 0 Å². The summed E-state index contributed by atoms with van der Waals surface area (Å²) < 4.78 is 11.5. The van der Waals surface area contributed by atoms with E-state index in [1.54, 1.807) is 48.5 Å². The summed E-state index contributed by atoms with van der Waals surface area (Å²) in [7, 11) is 2.77. The molecule has 9 nitrogen and oxygen atoms in total. The second-order valence-corrected chi connectivity index (χ2v) is 6.80. The molecule has 0 bridgehead atoms. The summed E-state index contributed by atoms with van der Waals surface area (Å²) in [6.45, 7) is 0. The van der Waals surface area contributed by atoms with Crippen LogP contribution in [0.5, 0.6) is 5.75 Å². The van der Waals surface area contributed by atoms with Crippen LogP contribution in [0.25, 0.3) is 0 Å². The van der Waals surface area contributed by atoms with Crippen molar-refractivity contribution in [3.63, 3.8) is 0 Å². The monoisotopic (exact) mass is 425 g/mol. The Labute approximate surface area is 176 Å². The van der Waals surface area contributed by atoms with Gasteiger partial charge in [0.15, 0.2) is 5.78 Å². The van der Waals surface area contributed by atoms with Crippen LogP contribution in [0, 0.1) is 0 Å². The molecule has 152 valence electrons. The first-order valence-electron chi connectivity index (χ1n) is 8.85. The maximum atomic E-state index is 13.6. The minimum atomic E-state index is -0.766. The molecule has 1 aliphatic rings. The van der Waals surface area contributed by atoms with Crippen LogP contribution in [0.4, 0.5) is 5.95 Å². The summed E-state index contributed by atoms with van der Waals surface area (Å²) in [5.41, 5.74) is 1.16. The number of esters is 1.